The maximum Gasteiger partial charge on any atom is 0.255 e. The van der Waals surface area contributed by atoms with Gasteiger partial charge in [-0.25, -0.2) is 0 Å². The first-order valence-corrected chi connectivity index (χ1v) is 6.28. The molecular weight excluding hydrogens is 268 g/mol. The maximum atomic E-state index is 11.8. The molecule has 8 heteroatoms. The molecule has 0 spiro atoms. The third-order valence-electron chi connectivity index (χ3n) is 2.41. The summed E-state index contributed by atoms with van der Waals surface area (Å²) in [5.74, 6) is 0.849. The Morgan fingerprint density at radius 3 is 2.84 bits per heavy atom. The Labute approximate surface area is 115 Å². The SMILES string of the molecule is CC(C)NC(=O)C(C)Nc1cc(Cl)nc2ncnn12. The van der Waals surface area contributed by atoms with Gasteiger partial charge in [0.15, 0.2) is 0 Å². The molecule has 102 valence electrons. The molecule has 0 saturated heterocycles. The molecule has 0 bridgehead atoms. The van der Waals surface area contributed by atoms with Crippen molar-refractivity contribution in [3.63, 3.8) is 0 Å². The van der Waals surface area contributed by atoms with E-state index in [1.807, 2.05) is 13.8 Å². The zero-order valence-electron chi connectivity index (χ0n) is 10.9. The minimum Gasteiger partial charge on any atom is -0.358 e. The summed E-state index contributed by atoms with van der Waals surface area (Å²) in [6.07, 6.45) is 1.38. The number of hydrogen-bond acceptors (Lipinski definition) is 5. The minimum atomic E-state index is -0.423. The maximum absolute atomic E-state index is 11.8. The molecule has 0 fully saturated rings. The normalized spacial score (nSPS) is 12.7. The smallest absolute Gasteiger partial charge is 0.255 e. The molecule has 1 amide bonds. The van der Waals surface area contributed by atoms with Crippen molar-refractivity contribution in [3.05, 3.63) is 17.5 Å². The molecule has 1 unspecified atom stereocenters. The lowest BCUT2D eigenvalue weighted by Gasteiger charge is -2.17. The Morgan fingerprint density at radius 2 is 2.16 bits per heavy atom. The number of nitrogens with zero attached hydrogens (tertiary/aromatic N) is 4. The monoisotopic (exact) mass is 282 g/mol. The Kier molecular flexibility index (Phi) is 3.84. The fraction of sp³-hybridized carbons (Fsp3) is 0.455. The Hall–Kier alpha value is -1.89. The van der Waals surface area contributed by atoms with Crippen LogP contribution < -0.4 is 10.6 Å². The van der Waals surface area contributed by atoms with Crippen LogP contribution in [0.25, 0.3) is 5.78 Å². The lowest BCUT2D eigenvalue weighted by molar-refractivity contribution is -0.122. The predicted molar refractivity (Wildman–Crippen MR) is 72.2 cm³/mol. The molecule has 0 aliphatic heterocycles. The standard InChI is InChI=1S/C11H15ClN6O/c1-6(2)15-10(19)7(3)16-9-4-8(12)17-11-13-5-14-18(9)11/h4-7,16H,1-3H3,(H,15,19). The zero-order valence-corrected chi connectivity index (χ0v) is 11.6. The van der Waals surface area contributed by atoms with Crippen molar-refractivity contribution in [3.8, 4) is 0 Å². The lowest BCUT2D eigenvalue weighted by atomic mass is 10.3. The summed E-state index contributed by atoms with van der Waals surface area (Å²) in [5.41, 5.74) is 0. The Bertz CT molecular complexity index is 596. The number of carbonyl (C=O) groups is 1. The van der Waals surface area contributed by atoms with Crippen molar-refractivity contribution < 1.29 is 4.79 Å². The van der Waals surface area contributed by atoms with Crippen LogP contribution in [0.5, 0.6) is 0 Å². The molecule has 0 aromatic carbocycles. The highest BCUT2D eigenvalue weighted by Crippen LogP contribution is 2.15. The number of halogens is 1. The van der Waals surface area contributed by atoms with Crippen LogP contribution in [0.4, 0.5) is 5.82 Å². The van der Waals surface area contributed by atoms with Crippen molar-refractivity contribution in [2.75, 3.05) is 5.32 Å². The van der Waals surface area contributed by atoms with Crippen LogP contribution in [-0.4, -0.2) is 37.6 Å². The average molecular weight is 283 g/mol. The summed E-state index contributed by atoms with van der Waals surface area (Å²) in [6.45, 7) is 5.57. The highest BCUT2D eigenvalue weighted by molar-refractivity contribution is 6.29. The van der Waals surface area contributed by atoms with Crippen LogP contribution in [0.2, 0.25) is 5.15 Å². The molecule has 2 aromatic rings. The number of hydrogen-bond donors (Lipinski definition) is 2. The number of amides is 1. The van der Waals surface area contributed by atoms with Gasteiger partial charge in [0.05, 0.1) is 0 Å². The molecule has 7 nitrogen and oxygen atoms in total. The van der Waals surface area contributed by atoms with Crippen molar-refractivity contribution >= 4 is 29.1 Å². The van der Waals surface area contributed by atoms with E-state index in [1.54, 1.807) is 13.0 Å². The Balaban J connectivity index is 2.21. The molecule has 2 rings (SSSR count). The molecule has 0 aliphatic rings. The summed E-state index contributed by atoms with van der Waals surface area (Å²) in [7, 11) is 0. The zero-order chi connectivity index (χ0) is 14.0. The molecular formula is C11H15ClN6O. The second kappa shape index (κ2) is 5.40. The van der Waals surface area contributed by atoms with Gasteiger partial charge in [0.1, 0.15) is 23.3 Å². The van der Waals surface area contributed by atoms with Crippen molar-refractivity contribution in [2.24, 2.45) is 0 Å². The Morgan fingerprint density at radius 1 is 1.42 bits per heavy atom. The molecule has 2 N–H and O–H groups in total. The topological polar surface area (TPSA) is 84.2 Å². The van der Waals surface area contributed by atoms with Gasteiger partial charge in [0.25, 0.3) is 5.78 Å². The van der Waals surface area contributed by atoms with E-state index in [-0.39, 0.29) is 11.9 Å². The van der Waals surface area contributed by atoms with Gasteiger partial charge in [-0.15, -0.1) is 0 Å². The van der Waals surface area contributed by atoms with Crippen molar-refractivity contribution in [1.29, 1.82) is 0 Å². The number of aromatic nitrogens is 4. The second-order valence-electron chi connectivity index (χ2n) is 4.47. The largest absolute Gasteiger partial charge is 0.358 e. The summed E-state index contributed by atoms with van der Waals surface area (Å²) in [6, 6.07) is 1.26. The van der Waals surface area contributed by atoms with Gasteiger partial charge in [-0.3, -0.25) is 4.79 Å². The van der Waals surface area contributed by atoms with E-state index in [0.29, 0.717) is 16.7 Å². The predicted octanol–water partition coefficient (Wildman–Crippen LogP) is 1.10. The van der Waals surface area contributed by atoms with E-state index in [0.717, 1.165) is 0 Å². The van der Waals surface area contributed by atoms with E-state index in [1.165, 1.54) is 10.8 Å². The number of carbonyl (C=O) groups excluding carboxylic acids is 1. The molecule has 2 heterocycles. The summed E-state index contributed by atoms with van der Waals surface area (Å²) in [5, 5.41) is 10.2. The molecule has 0 radical (unpaired) electrons. The molecule has 0 aliphatic carbocycles. The summed E-state index contributed by atoms with van der Waals surface area (Å²) in [4.78, 5) is 19.8. The average Bonchev–Trinajstić information content (AvgIpc) is 2.75. The van der Waals surface area contributed by atoms with Crippen LogP contribution in [0.3, 0.4) is 0 Å². The van der Waals surface area contributed by atoms with E-state index in [4.69, 9.17) is 11.6 Å². The number of nitrogens with one attached hydrogen (secondary N) is 2. The summed E-state index contributed by atoms with van der Waals surface area (Å²) < 4.78 is 1.49. The van der Waals surface area contributed by atoms with Crippen LogP contribution in [0, 0.1) is 0 Å². The molecule has 19 heavy (non-hydrogen) atoms. The van der Waals surface area contributed by atoms with Gasteiger partial charge in [-0.05, 0) is 20.8 Å². The van der Waals surface area contributed by atoms with Gasteiger partial charge in [0, 0.05) is 12.1 Å². The first kappa shape index (κ1) is 13.5. The molecule has 0 saturated carbocycles. The van der Waals surface area contributed by atoms with Crippen LogP contribution in [-0.2, 0) is 4.79 Å². The van der Waals surface area contributed by atoms with E-state index in [9.17, 15) is 4.79 Å². The fourth-order valence-electron chi connectivity index (χ4n) is 1.58. The van der Waals surface area contributed by atoms with E-state index < -0.39 is 6.04 Å². The quantitative estimate of drug-likeness (QED) is 0.821. The van der Waals surface area contributed by atoms with Crippen molar-refractivity contribution in [2.45, 2.75) is 32.9 Å². The highest BCUT2D eigenvalue weighted by atomic mass is 35.5. The van der Waals surface area contributed by atoms with Gasteiger partial charge >= 0.3 is 0 Å². The van der Waals surface area contributed by atoms with Crippen LogP contribution in [0.1, 0.15) is 20.8 Å². The first-order valence-electron chi connectivity index (χ1n) is 5.90. The van der Waals surface area contributed by atoms with Gasteiger partial charge in [-0.1, -0.05) is 11.6 Å². The molecule has 2 aromatic heterocycles. The minimum absolute atomic E-state index is 0.0872. The summed E-state index contributed by atoms with van der Waals surface area (Å²) >= 11 is 5.90. The lowest BCUT2D eigenvalue weighted by Crippen LogP contribution is -2.41. The van der Waals surface area contributed by atoms with Gasteiger partial charge in [0.2, 0.25) is 5.91 Å². The number of anilines is 1. The highest BCUT2D eigenvalue weighted by Gasteiger charge is 2.16. The fourth-order valence-corrected chi connectivity index (χ4v) is 1.76. The third-order valence-corrected chi connectivity index (χ3v) is 2.60. The third kappa shape index (κ3) is 3.11. The van der Waals surface area contributed by atoms with E-state index >= 15 is 0 Å². The molecule has 1 atom stereocenters. The van der Waals surface area contributed by atoms with Crippen molar-refractivity contribution in [1.82, 2.24) is 24.9 Å². The first-order chi connectivity index (χ1) is 8.97. The van der Waals surface area contributed by atoms with Crippen LogP contribution in [0.15, 0.2) is 12.4 Å². The van der Waals surface area contributed by atoms with Crippen LogP contribution >= 0.6 is 11.6 Å². The second-order valence-corrected chi connectivity index (χ2v) is 4.85. The number of fused-ring (bicyclic) bond motifs is 1. The van der Waals surface area contributed by atoms with Gasteiger partial charge < -0.3 is 10.6 Å². The number of rotatable bonds is 4. The van der Waals surface area contributed by atoms with Gasteiger partial charge in [-0.2, -0.15) is 19.6 Å². The van der Waals surface area contributed by atoms with E-state index in [2.05, 4.69) is 25.7 Å².